The Morgan fingerprint density at radius 3 is 2.39 bits per heavy atom. The summed E-state index contributed by atoms with van der Waals surface area (Å²) in [5.74, 6) is 0.754. The highest BCUT2D eigenvalue weighted by Crippen LogP contribution is 2.14. The summed E-state index contributed by atoms with van der Waals surface area (Å²) in [6, 6.07) is 9.96. The van der Waals surface area contributed by atoms with E-state index in [1.165, 1.54) is 0 Å². The summed E-state index contributed by atoms with van der Waals surface area (Å²) in [6.45, 7) is 0. The van der Waals surface area contributed by atoms with E-state index in [0.29, 0.717) is 0 Å². The van der Waals surface area contributed by atoms with Gasteiger partial charge in [-0.2, -0.15) is 0 Å². The molecule has 0 spiro atoms. The average molecular weight is 236 g/mol. The zero-order chi connectivity index (χ0) is 12.2. The van der Waals surface area contributed by atoms with Crippen LogP contribution in [0.3, 0.4) is 0 Å². The van der Waals surface area contributed by atoms with Crippen LogP contribution in [-0.4, -0.2) is 19.9 Å². The molecule has 2 heterocycles. The molecule has 3 aromatic rings. The fourth-order valence-electron chi connectivity index (χ4n) is 1.78. The van der Waals surface area contributed by atoms with Crippen LogP contribution in [-0.2, 0) is 6.42 Å². The van der Waals surface area contributed by atoms with Crippen molar-refractivity contribution in [1.82, 2.24) is 19.9 Å². The van der Waals surface area contributed by atoms with Gasteiger partial charge in [0.1, 0.15) is 0 Å². The summed E-state index contributed by atoms with van der Waals surface area (Å²) in [6.07, 6.45) is 7.97. The lowest BCUT2D eigenvalue weighted by atomic mass is 10.2. The minimum Gasteiger partial charge on any atom is -0.348 e. The topological polar surface area (TPSA) is 54.5 Å². The largest absolute Gasteiger partial charge is 0.348 e. The number of hydrogen-bond donors (Lipinski definition) is 1. The maximum atomic E-state index is 4.38. The Morgan fingerprint density at radius 2 is 1.72 bits per heavy atom. The Bertz CT molecular complexity index is 600. The molecule has 0 unspecified atom stereocenters. The van der Waals surface area contributed by atoms with Crippen LogP contribution in [0.5, 0.6) is 0 Å². The SMILES string of the molecule is c1ccc(-c2ncc(Cc3cnc[nH]3)cn2)cc1. The fourth-order valence-corrected chi connectivity index (χ4v) is 1.78. The molecule has 3 rings (SSSR count). The quantitative estimate of drug-likeness (QED) is 0.760. The molecule has 4 nitrogen and oxygen atoms in total. The molecule has 0 amide bonds. The number of aromatic nitrogens is 4. The van der Waals surface area contributed by atoms with Crippen molar-refractivity contribution in [2.24, 2.45) is 0 Å². The summed E-state index contributed by atoms with van der Waals surface area (Å²) in [7, 11) is 0. The van der Waals surface area contributed by atoms with Gasteiger partial charge in [0.15, 0.2) is 5.82 Å². The lowest BCUT2D eigenvalue weighted by Gasteiger charge is -2.01. The lowest BCUT2D eigenvalue weighted by molar-refractivity contribution is 1.04. The van der Waals surface area contributed by atoms with Crippen molar-refractivity contribution in [2.45, 2.75) is 6.42 Å². The van der Waals surface area contributed by atoms with E-state index < -0.39 is 0 Å². The fraction of sp³-hybridized carbons (Fsp3) is 0.0714. The third kappa shape index (κ3) is 2.27. The van der Waals surface area contributed by atoms with E-state index in [1.54, 1.807) is 6.33 Å². The van der Waals surface area contributed by atoms with Crippen molar-refractivity contribution in [3.05, 3.63) is 66.5 Å². The molecule has 0 bridgehead atoms. The van der Waals surface area contributed by atoms with Crippen molar-refractivity contribution < 1.29 is 0 Å². The van der Waals surface area contributed by atoms with Gasteiger partial charge >= 0.3 is 0 Å². The number of rotatable bonds is 3. The van der Waals surface area contributed by atoms with Crippen LogP contribution < -0.4 is 0 Å². The maximum absolute atomic E-state index is 4.38. The van der Waals surface area contributed by atoms with Crippen molar-refractivity contribution in [2.75, 3.05) is 0 Å². The van der Waals surface area contributed by atoms with Crippen molar-refractivity contribution in [3.63, 3.8) is 0 Å². The molecule has 1 aromatic carbocycles. The number of benzene rings is 1. The summed E-state index contributed by atoms with van der Waals surface area (Å²) in [5, 5.41) is 0. The number of imidazole rings is 1. The molecule has 1 N–H and O–H groups in total. The highest BCUT2D eigenvalue weighted by atomic mass is 14.9. The van der Waals surface area contributed by atoms with Gasteiger partial charge in [0.25, 0.3) is 0 Å². The predicted octanol–water partition coefficient (Wildman–Crippen LogP) is 2.46. The Balaban J connectivity index is 1.81. The second-order valence-electron chi connectivity index (χ2n) is 4.03. The highest BCUT2D eigenvalue weighted by molar-refractivity contribution is 5.54. The number of H-pyrrole nitrogens is 1. The van der Waals surface area contributed by atoms with Crippen LogP contribution in [0.1, 0.15) is 11.3 Å². The third-order valence-electron chi connectivity index (χ3n) is 2.69. The van der Waals surface area contributed by atoms with Gasteiger partial charge in [-0.25, -0.2) is 15.0 Å². The molecule has 0 fully saturated rings. The lowest BCUT2D eigenvalue weighted by Crippen LogP contribution is -1.94. The second kappa shape index (κ2) is 4.79. The zero-order valence-corrected chi connectivity index (χ0v) is 9.74. The second-order valence-corrected chi connectivity index (χ2v) is 4.03. The molecule has 0 aliphatic carbocycles. The Labute approximate surface area is 105 Å². The average Bonchev–Trinajstić information content (AvgIpc) is 2.94. The van der Waals surface area contributed by atoms with Gasteiger partial charge in [0, 0.05) is 36.3 Å². The van der Waals surface area contributed by atoms with E-state index in [0.717, 1.165) is 29.1 Å². The van der Waals surface area contributed by atoms with Gasteiger partial charge in [-0.1, -0.05) is 30.3 Å². The van der Waals surface area contributed by atoms with Gasteiger partial charge in [0.2, 0.25) is 0 Å². The van der Waals surface area contributed by atoms with E-state index >= 15 is 0 Å². The first-order valence-corrected chi connectivity index (χ1v) is 5.75. The van der Waals surface area contributed by atoms with Crippen molar-refractivity contribution in [1.29, 1.82) is 0 Å². The van der Waals surface area contributed by atoms with Crippen LogP contribution in [0.25, 0.3) is 11.4 Å². The third-order valence-corrected chi connectivity index (χ3v) is 2.69. The van der Waals surface area contributed by atoms with Crippen molar-refractivity contribution in [3.8, 4) is 11.4 Å². The predicted molar refractivity (Wildman–Crippen MR) is 68.9 cm³/mol. The number of nitrogens with one attached hydrogen (secondary N) is 1. The van der Waals surface area contributed by atoms with Gasteiger partial charge < -0.3 is 4.98 Å². The number of nitrogens with zero attached hydrogens (tertiary/aromatic N) is 3. The molecule has 18 heavy (non-hydrogen) atoms. The molecule has 0 aliphatic rings. The van der Waals surface area contributed by atoms with Gasteiger partial charge in [-0.3, -0.25) is 0 Å². The van der Waals surface area contributed by atoms with Crippen molar-refractivity contribution >= 4 is 0 Å². The van der Waals surface area contributed by atoms with E-state index in [1.807, 2.05) is 48.9 Å². The molecular weight excluding hydrogens is 224 g/mol. The Hall–Kier alpha value is -2.49. The first kappa shape index (κ1) is 10.7. The Kier molecular flexibility index (Phi) is 2.84. The van der Waals surface area contributed by atoms with E-state index in [-0.39, 0.29) is 0 Å². The van der Waals surface area contributed by atoms with E-state index in [4.69, 9.17) is 0 Å². The normalized spacial score (nSPS) is 10.4. The van der Waals surface area contributed by atoms with Gasteiger partial charge in [-0.05, 0) is 5.56 Å². The first-order valence-electron chi connectivity index (χ1n) is 5.75. The number of hydrogen-bond acceptors (Lipinski definition) is 3. The van der Waals surface area contributed by atoms with Gasteiger partial charge in [0.05, 0.1) is 6.33 Å². The molecule has 0 radical (unpaired) electrons. The van der Waals surface area contributed by atoms with E-state index in [2.05, 4.69) is 19.9 Å². The smallest absolute Gasteiger partial charge is 0.159 e. The molecule has 0 atom stereocenters. The molecular formula is C14H12N4. The minimum absolute atomic E-state index is 0.754. The monoisotopic (exact) mass is 236 g/mol. The molecule has 0 saturated heterocycles. The molecule has 2 aromatic heterocycles. The van der Waals surface area contributed by atoms with Crippen LogP contribution in [0.15, 0.2) is 55.2 Å². The summed E-state index contributed by atoms with van der Waals surface area (Å²) in [5.41, 5.74) is 3.16. The zero-order valence-electron chi connectivity index (χ0n) is 9.74. The van der Waals surface area contributed by atoms with E-state index in [9.17, 15) is 0 Å². The molecule has 88 valence electrons. The molecule has 0 aliphatic heterocycles. The summed E-state index contributed by atoms with van der Waals surface area (Å²) < 4.78 is 0. The van der Waals surface area contributed by atoms with Crippen LogP contribution in [0, 0.1) is 0 Å². The highest BCUT2D eigenvalue weighted by Gasteiger charge is 2.02. The summed E-state index contributed by atoms with van der Waals surface area (Å²) in [4.78, 5) is 15.8. The standard InChI is InChI=1S/C14H12N4/c1-2-4-12(5-3-1)14-16-7-11(8-17-14)6-13-9-15-10-18-13/h1-5,7-10H,6H2,(H,15,18). The van der Waals surface area contributed by atoms with Crippen LogP contribution >= 0.6 is 0 Å². The number of aromatic amines is 1. The Morgan fingerprint density at radius 1 is 0.944 bits per heavy atom. The molecule has 0 saturated carbocycles. The van der Waals surface area contributed by atoms with Crippen LogP contribution in [0.4, 0.5) is 0 Å². The molecule has 4 heteroatoms. The minimum atomic E-state index is 0.754. The first-order chi connectivity index (χ1) is 8.92. The van der Waals surface area contributed by atoms with Crippen LogP contribution in [0.2, 0.25) is 0 Å². The summed E-state index contributed by atoms with van der Waals surface area (Å²) >= 11 is 0. The maximum Gasteiger partial charge on any atom is 0.159 e. The van der Waals surface area contributed by atoms with Gasteiger partial charge in [-0.15, -0.1) is 0 Å².